The minimum atomic E-state index is -1.43. The van der Waals surface area contributed by atoms with Crippen molar-refractivity contribution in [3.63, 3.8) is 0 Å². The number of alkyl halides is 1. The molecule has 202 valence electrons. The Labute approximate surface area is 223 Å². The third kappa shape index (κ3) is 6.40. The quantitative estimate of drug-likeness (QED) is 0.339. The molecule has 2 aromatic rings. The van der Waals surface area contributed by atoms with Crippen LogP contribution in [-0.4, -0.2) is 65.7 Å². The van der Waals surface area contributed by atoms with Gasteiger partial charge in [0.1, 0.15) is 24.3 Å². The number of benzene rings is 2. The van der Waals surface area contributed by atoms with E-state index in [1.54, 1.807) is 0 Å². The number of likely N-dealkylation sites (tertiary alicyclic amines) is 1. The number of nitrogens with one attached hydrogen (secondary N) is 2. The van der Waals surface area contributed by atoms with E-state index in [0.717, 1.165) is 10.5 Å². The number of carbonyl (C=O) groups is 4. The van der Waals surface area contributed by atoms with Gasteiger partial charge in [0, 0.05) is 12.0 Å². The van der Waals surface area contributed by atoms with Crippen molar-refractivity contribution in [3.05, 3.63) is 64.7 Å². The second-order valence-corrected chi connectivity index (χ2v) is 9.65. The minimum Gasteiger partial charge on any atom is -0.433 e. The number of amides is 3. The van der Waals surface area contributed by atoms with Gasteiger partial charge in [0.05, 0.1) is 30.3 Å². The number of anilines is 1. The third-order valence-corrected chi connectivity index (χ3v) is 6.69. The molecule has 0 spiro atoms. The molecular formula is C26H28ClFN4O6. The first-order valence-electron chi connectivity index (χ1n) is 12.1. The molecule has 2 aliphatic rings. The lowest BCUT2D eigenvalue weighted by Crippen LogP contribution is -2.54. The Morgan fingerprint density at radius 1 is 1.24 bits per heavy atom. The maximum atomic E-state index is 14.4. The first-order chi connectivity index (χ1) is 18.1. The van der Waals surface area contributed by atoms with Gasteiger partial charge in [-0.25, -0.2) is 4.39 Å². The van der Waals surface area contributed by atoms with Crippen LogP contribution in [0.25, 0.3) is 0 Å². The number of carbonyl (C=O) groups excluding carboxylic acids is 4. The highest BCUT2D eigenvalue weighted by Crippen LogP contribution is 2.24. The molecule has 4 N–H and O–H groups in total. The van der Waals surface area contributed by atoms with E-state index in [4.69, 9.17) is 26.8 Å². The Hall–Kier alpha value is -3.70. The predicted molar refractivity (Wildman–Crippen MR) is 135 cm³/mol. The second kappa shape index (κ2) is 11.8. The fraction of sp³-hybridized carbons (Fsp3) is 0.385. The van der Waals surface area contributed by atoms with Crippen molar-refractivity contribution in [1.29, 1.82) is 0 Å². The molecular weight excluding hydrogens is 519 g/mol. The van der Waals surface area contributed by atoms with Crippen molar-refractivity contribution in [3.8, 4) is 0 Å². The highest BCUT2D eigenvalue weighted by molar-refractivity contribution is 6.33. The van der Waals surface area contributed by atoms with Gasteiger partial charge in [-0.15, -0.1) is 0 Å². The van der Waals surface area contributed by atoms with E-state index >= 15 is 0 Å². The Morgan fingerprint density at radius 2 is 1.97 bits per heavy atom. The molecule has 0 aromatic heterocycles. The average Bonchev–Trinajstić information content (AvgIpc) is 3.45. The summed E-state index contributed by atoms with van der Waals surface area (Å²) in [4.78, 5) is 51.8. The van der Waals surface area contributed by atoms with Gasteiger partial charge in [0.2, 0.25) is 18.1 Å². The number of rotatable bonds is 8. The molecule has 5 atom stereocenters. The van der Waals surface area contributed by atoms with Crippen LogP contribution in [0.2, 0.25) is 5.02 Å². The van der Waals surface area contributed by atoms with Crippen molar-refractivity contribution in [1.82, 2.24) is 15.5 Å². The van der Waals surface area contributed by atoms with Crippen molar-refractivity contribution in [2.24, 2.45) is 0 Å². The Balaban J connectivity index is 1.37. The van der Waals surface area contributed by atoms with Gasteiger partial charge >= 0.3 is 5.97 Å². The Bertz CT molecular complexity index is 1220. The standard InChI is InChI=1S/C26H28ClFN4O6/c1-14(30-23(34)16-7-8-19(29)18(27)9-16)25(36)32-12-17(28)10-21(32)24(35)31-20-11-22(33)38-26(20)37-13-15-5-3-2-4-6-15/h2-9,14,17,20-21,26H,10-13,29H2,1H3,(H,30,34)(H,31,35)/t14-,17-,20-,21-,26?/m0/s1. The van der Waals surface area contributed by atoms with Crippen LogP contribution < -0.4 is 16.4 Å². The SMILES string of the molecule is C[C@H](NC(=O)c1ccc(N)c(Cl)c1)C(=O)N1C[C@@H](F)C[C@H]1C(=O)N[C@H]1CC(=O)OC1OCc1ccccc1. The number of ether oxygens (including phenoxy) is 2. The summed E-state index contributed by atoms with van der Waals surface area (Å²) in [5, 5.41) is 5.41. The van der Waals surface area contributed by atoms with E-state index in [9.17, 15) is 23.6 Å². The predicted octanol–water partition coefficient (Wildman–Crippen LogP) is 1.95. The molecule has 2 aliphatic heterocycles. The first-order valence-corrected chi connectivity index (χ1v) is 12.5. The summed E-state index contributed by atoms with van der Waals surface area (Å²) in [6.45, 7) is 1.29. The largest absolute Gasteiger partial charge is 0.433 e. The first kappa shape index (κ1) is 27.3. The fourth-order valence-electron chi connectivity index (χ4n) is 4.37. The van der Waals surface area contributed by atoms with E-state index in [-0.39, 0.29) is 36.6 Å². The van der Waals surface area contributed by atoms with Gasteiger partial charge in [0.15, 0.2) is 0 Å². The average molecular weight is 547 g/mol. The Morgan fingerprint density at radius 3 is 2.68 bits per heavy atom. The smallest absolute Gasteiger partial charge is 0.310 e. The lowest BCUT2D eigenvalue weighted by atomic mass is 10.1. The van der Waals surface area contributed by atoms with Crippen LogP contribution in [0.1, 0.15) is 35.7 Å². The number of nitrogens with two attached hydrogens (primary N) is 1. The highest BCUT2D eigenvalue weighted by atomic mass is 35.5. The zero-order valence-corrected chi connectivity index (χ0v) is 21.3. The van der Waals surface area contributed by atoms with Gasteiger partial charge in [-0.1, -0.05) is 41.9 Å². The minimum absolute atomic E-state index is 0.123. The summed E-state index contributed by atoms with van der Waals surface area (Å²) in [7, 11) is 0. The summed E-state index contributed by atoms with van der Waals surface area (Å²) in [5.41, 5.74) is 7.01. The zero-order valence-electron chi connectivity index (χ0n) is 20.6. The Kier molecular flexibility index (Phi) is 8.48. The number of cyclic esters (lactones) is 1. The molecule has 0 aliphatic carbocycles. The molecule has 2 heterocycles. The number of hydrogen-bond acceptors (Lipinski definition) is 7. The molecule has 10 nitrogen and oxygen atoms in total. The van der Waals surface area contributed by atoms with Crippen LogP contribution in [0.3, 0.4) is 0 Å². The molecule has 0 radical (unpaired) electrons. The van der Waals surface area contributed by atoms with Crippen LogP contribution in [0, 0.1) is 0 Å². The van der Waals surface area contributed by atoms with Crippen molar-refractivity contribution in [2.45, 2.75) is 57.0 Å². The normalized spacial score (nSPS) is 23.6. The molecule has 2 saturated heterocycles. The monoisotopic (exact) mass is 546 g/mol. The molecule has 12 heteroatoms. The number of esters is 1. The summed E-state index contributed by atoms with van der Waals surface area (Å²) < 4.78 is 25.3. The molecule has 1 unspecified atom stereocenters. The highest BCUT2D eigenvalue weighted by Gasteiger charge is 2.44. The van der Waals surface area contributed by atoms with E-state index in [0.29, 0.717) is 5.69 Å². The molecule has 4 rings (SSSR count). The number of nitrogens with zero attached hydrogens (tertiary/aromatic N) is 1. The second-order valence-electron chi connectivity index (χ2n) is 9.24. The lowest BCUT2D eigenvalue weighted by molar-refractivity contribution is -0.168. The van der Waals surface area contributed by atoms with Crippen LogP contribution in [0.15, 0.2) is 48.5 Å². The molecule has 2 fully saturated rings. The van der Waals surface area contributed by atoms with Gasteiger partial charge in [0.25, 0.3) is 5.91 Å². The van der Waals surface area contributed by atoms with E-state index in [1.807, 2.05) is 30.3 Å². The summed E-state index contributed by atoms with van der Waals surface area (Å²) in [6, 6.07) is 10.5. The van der Waals surface area contributed by atoms with E-state index in [2.05, 4.69) is 10.6 Å². The number of hydrogen-bond donors (Lipinski definition) is 3. The topological polar surface area (TPSA) is 140 Å². The van der Waals surface area contributed by atoms with Gasteiger partial charge in [-0.3, -0.25) is 19.2 Å². The summed E-state index contributed by atoms with van der Waals surface area (Å²) in [6.07, 6.45) is -2.80. The van der Waals surface area contributed by atoms with E-state index in [1.165, 1.54) is 25.1 Å². The number of nitrogen functional groups attached to an aromatic ring is 1. The molecule has 0 bridgehead atoms. The maximum Gasteiger partial charge on any atom is 0.310 e. The van der Waals surface area contributed by atoms with Gasteiger partial charge in [-0.2, -0.15) is 0 Å². The summed E-state index contributed by atoms with van der Waals surface area (Å²) >= 11 is 5.97. The molecule has 2 aromatic carbocycles. The van der Waals surface area contributed by atoms with Crippen molar-refractivity contribution < 1.29 is 33.0 Å². The van der Waals surface area contributed by atoms with Gasteiger partial charge in [-0.05, 0) is 30.7 Å². The van der Waals surface area contributed by atoms with Crippen molar-refractivity contribution in [2.75, 3.05) is 12.3 Å². The molecule has 3 amide bonds. The third-order valence-electron chi connectivity index (χ3n) is 6.36. The summed E-state index contributed by atoms with van der Waals surface area (Å²) in [5.74, 6) is -2.39. The van der Waals surface area contributed by atoms with Crippen LogP contribution in [0.4, 0.5) is 10.1 Å². The molecule has 38 heavy (non-hydrogen) atoms. The molecule has 0 saturated carbocycles. The van der Waals surface area contributed by atoms with Crippen LogP contribution >= 0.6 is 11.6 Å². The maximum absolute atomic E-state index is 14.4. The van der Waals surface area contributed by atoms with Gasteiger partial charge < -0.3 is 30.7 Å². The zero-order chi connectivity index (χ0) is 27.4. The van der Waals surface area contributed by atoms with Crippen LogP contribution in [-0.2, 0) is 30.5 Å². The number of halogens is 2. The van der Waals surface area contributed by atoms with Crippen molar-refractivity contribution >= 4 is 41.0 Å². The van der Waals surface area contributed by atoms with Crippen LogP contribution in [0.5, 0.6) is 0 Å². The van der Waals surface area contributed by atoms with E-state index < -0.39 is 54.3 Å². The lowest BCUT2D eigenvalue weighted by Gasteiger charge is -2.28. The fourth-order valence-corrected chi connectivity index (χ4v) is 4.55.